The summed E-state index contributed by atoms with van der Waals surface area (Å²) < 4.78 is 4.40. The third-order valence-electron chi connectivity index (χ3n) is 1.30. The fourth-order valence-corrected chi connectivity index (χ4v) is 0.703. The van der Waals surface area contributed by atoms with Crippen LogP contribution in [-0.4, -0.2) is 18.1 Å². The van der Waals surface area contributed by atoms with Gasteiger partial charge in [0, 0.05) is 13.8 Å². The monoisotopic (exact) mass is 233 g/mol. The van der Waals surface area contributed by atoms with Gasteiger partial charge in [-0.1, -0.05) is 39.5 Å². The van der Waals surface area contributed by atoms with Crippen molar-refractivity contribution in [3.63, 3.8) is 0 Å². The van der Waals surface area contributed by atoms with E-state index in [9.17, 15) is 4.79 Å². The van der Waals surface area contributed by atoms with E-state index in [-0.39, 0.29) is 11.4 Å². The fourth-order valence-electron chi connectivity index (χ4n) is 0.703. The predicted molar refractivity (Wildman–Crippen MR) is 67.0 cm³/mol. The molecule has 16 heavy (non-hydrogen) atoms. The number of unbranched alkanes of at least 4 members (excludes halogenated alkanes) is 3. The number of ether oxygens (including phenoxy) is 1. The molecule has 2 N–H and O–H groups in total. The zero-order chi connectivity index (χ0) is 12.5. The highest BCUT2D eigenvalue weighted by atomic mass is 16.5. The second-order valence-corrected chi connectivity index (χ2v) is 2.86. The number of hydrogen-bond acceptors (Lipinski definition) is 3. The van der Waals surface area contributed by atoms with Gasteiger partial charge >= 0.3 is 5.97 Å². The smallest absolute Gasteiger partial charge is 0.302 e. The highest BCUT2D eigenvalue weighted by molar-refractivity contribution is 5.65. The summed E-state index contributed by atoms with van der Waals surface area (Å²) in [6, 6.07) is 1.75. The van der Waals surface area contributed by atoms with Crippen molar-refractivity contribution in [1.82, 2.24) is 0 Å². The normalized spacial score (nSPS) is 6.75. The second-order valence-electron chi connectivity index (χ2n) is 2.86. The zero-order valence-electron chi connectivity index (χ0n) is 11.3. The lowest BCUT2D eigenvalue weighted by Gasteiger charge is -1.89. The number of rotatable bonds is 4. The minimum Gasteiger partial charge on any atom is -0.466 e. The Labute approximate surface area is 99.9 Å². The van der Waals surface area contributed by atoms with Crippen molar-refractivity contribution in [3.8, 4) is 6.07 Å². The number of esters is 1. The van der Waals surface area contributed by atoms with E-state index in [1.54, 1.807) is 13.0 Å². The largest absolute Gasteiger partial charge is 0.466 e. The van der Waals surface area contributed by atoms with Crippen LogP contribution in [0.4, 0.5) is 0 Å². The summed E-state index contributed by atoms with van der Waals surface area (Å²) in [6.45, 7) is 9.55. The number of carbonyl (C=O) groups excluding carboxylic acids is 1. The standard InChI is InChI=1S/C6H14.C4H8O2.C2H3N.H2O/c1-3-5-6-4-2;1-3-6-4(2)5;1-2-3;/h3-6H2,1-2H3;3H2,1-2H3;1H3;1H2. The molecule has 0 aliphatic carbocycles. The van der Waals surface area contributed by atoms with E-state index in [1.165, 1.54) is 39.5 Å². The van der Waals surface area contributed by atoms with Crippen LogP contribution in [0.1, 0.15) is 60.3 Å². The van der Waals surface area contributed by atoms with Crippen LogP contribution in [0.15, 0.2) is 0 Å². The molecule has 98 valence electrons. The number of carbonyl (C=O) groups is 1. The molecule has 0 aromatic heterocycles. The molecule has 0 fully saturated rings. The van der Waals surface area contributed by atoms with Crippen molar-refractivity contribution < 1.29 is 15.0 Å². The third-order valence-corrected chi connectivity index (χ3v) is 1.30. The van der Waals surface area contributed by atoms with Crippen LogP contribution in [0.5, 0.6) is 0 Å². The lowest BCUT2D eigenvalue weighted by atomic mass is 10.2. The van der Waals surface area contributed by atoms with Gasteiger partial charge in [0.2, 0.25) is 0 Å². The molecule has 0 unspecified atom stereocenters. The molecule has 0 atom stereocenters. The Morgan fingerprint density at radius 1 is 1.19 bits per heavy atom. The van der Waals surface area contributed by atoms with Crippen LogP contribution in [0.3, 0.4) is 0 Å². The average molecular weight is 233 g/mol. The maximum Gasteiger partial charge on any atom is 0.302 e. The Morgan fingerprint density at radius 3 is 1.56 bits per heavy atom. The van der Waals surface area contributed by atoms with Gasteiger partial charge in [0.05, 0.1) is 12.7 Å². The van der Waals surface area contributed by atoms with E-state index < -0.39 is 0 Å². The number of nitriles is 1. The van der Waals surface area contributed by atoms with Crippen molar-refractivity contribution in [2.24, 2.45) is 0 Å². The molecule has 0 saturated heterocycles. The second kappa shape index (κ2) is 29.2. The fraction of sp³-hybridized carbons (Fsp3) is 0.833. The summed E-state index contributed by atoms with van der Waals surface area (Å²) in [4.78, 5) is 9.82. The van der Waals surface area contributed by atoms with Gasteiger partial charge in [-0.15, -0.1) is 0 Å². The van der Waals surface area contributed by atoms with E-state index in [2.05, 4.69) is 18.6 Å². The quantitative estimate of drug-likeness (QED) is 0.553. The first kappa shape index (κ1) is 24.2. The third kappa shape index (κ3) is 75.8. The molecule has 0 radical (unpaired) electrons. The molecule has 4 heteroatoms. The Kier molecular flexibility index (Phi) is 44.3. The highest BCUT2D eigenvalue weighted by Gasteiger charge is 1.81. The van der Waals surface area contributed by atoms with Crippen LogP contribution < -0.4 is 0 Å². The summed E-state index contributed by atoms with van der Waals surface area (Å²) in [6.07, 6.45) is 5.54. The Morgan fingerprint density at radius 2 is 1.50 bits per heavy atom. The lowest BCUT2D eigenvalue weighted by molar-refractivity contribution is -0.140. The van der Waals surface area contributed by atoms with Gasteiger partial charge in [-0.2, -0.15) is 5.26 Å². The van der Waals surface area contributed by atoms with Gasteiger partial charge in [0.25, 0.3) is 0 Å². The van der Waals surface area contributed by atoms with Crippen LogP contribution in [-0.2, 0) is 9.53 Å². The molecule has 4 nitrogen and oxygen atoms in total. The molecule has 0 aliphatic heterocycles. The van der Waals surface area contributed by atoms with E-state index in [0.717, 1.165) is 0 Å². The minimum atomic E-state index is -0.211. The molecule has 0 spiro atoms. The summed E-state index contributed by atoms with van der Waals surface area (Å²) in [5.41, 5.74) is 0. The van der Waals surface area contributed by atoms with E-state index in [0.29, 0.717) is 6.61 Å². The van der Waals surface area contributed by atoms with Crippen LogP contribution >= 0.6 is 0 Å². The van der Waals surface area contributed by atoms with Crippen molar-refractivity contribution >= 4 is 5.97 Å². The number of nitrogens with zero attached hydrogens (tertiary/aromatic N) is 1. The average Bonchev–Trinajstić information content (AvgIpc) is 2.16. The summed E-state index contributed by atoms with van der Waals surface area (Å²) in [5.74, 6) is -0.211. The molecule has 0 heterocycles. The van der Waals surface area contributed by atoms with Crippen molar-refractivity contribution in [1.29, 1.82) is 5.26 Å². The molecule has 0 amide bonds. The van der Waals surface area contributed by atoms with Gasteiger partial charge in [-0.3, -0.25) is 4.79 Å². The molecular weight excluding hydrogens is 206 g/mol. The predicted octanol–water partition coefficient (Wildman–Crippen LogP) is 2.86. The van der Waals surface area contributed by atoms with Gasteiger partial charge in [0.1, 0.15) is 0 Å². The summed E-state index contributed by atoms with van der Waals surface area (Å²) in [7, 11) is 0. The van der Waals surface area contributed by atoms with Gasteiger partial charge in [-0.05, 0) is 6.92 Å². The maximum absolute atomic E-state index is 9.82. The molecule has 0 aliphatic rings. The van der Waals surface area contributed by atoms with E-state index in [1.807, 2.05) is 0 Å². The summed E-state index contributed by atoms with van der Waals surface area (Å²) in [5, 5.41) is 7.32. The molecule has 0 rings (SSSR count). The van der Waals surface area contributed by atoms with Crippen molar-refractivity contribution in [3.05, 3.63) is 0 Å². The summed E-state index contributed by atoms with van der Waals surface area (Å²) >= 11 is 0. The van der Waals surface area contributed by atoms with Crippen LogP contribution in [0.2, 0.25) is 0 Å². The lowest BCUT2D eigenvalue weighted by Crippen LogP contribution is -1.95. The molecule has 0 saturated carbocycles. The topological polar surface area (TPSA) is 81.6 Å². The Bertz CT molecular complexity index is 149. The maximum atomic E-state index is 9.82. The van der Waals surface area contributed by atoms with E-state index in [4.69, 9.17) is 5.26 Å². The van der Waals surface area contributed by atoms with E-state index >= 15 is 0 Å². The number of hydrogen-bond donors (Lipinski definition) is 0. The Balaban J connectivity index is -0.0000000692. The van der Waals surface area contributed by atoms with Crippen LogP contribution in [0, 0.1) is 11.3 Å². The molecular formula is C12H27NO3. The molecule has 0 aromatic rings. The first-order valence-corrected chi connectivity index (χ1v) is 5.54. The SMILES string of the molecule is CC#N.CCCCCC.CCOC(C)=O.O. The van der Waals surface area contributed by atoms with Gasteiger partial charge in [0.15, 0.2) is 0 Å². The molecule has 0 bridgehead atoms. The highest BCUT2D eigenvalue weighted by Crippen LogP contribution is 1.95. The van der Waals surface area contributed by atoms with Crippen molar-refractivity contribution in [2.75, 3.05) is 6.61 Å². The van der Waals surface area contributed by atoms with Gasteiger partial charge in [-0.25, -0.2) is 0 Å². The molecule has 0 aromatic carbocycles. The van der Waals surface area contributed by atoms with Crippen LogP contribution in [0.25, 0.3) is 0 Å². The van der Waals surface area contributed by atoms with Crippen molar-refractivity contribution in [2.45, 2.75) is 60.3 Å². The minimum absolute atomic E-state index is 0. The first-order chi connectivity index (χ1) is 7.10. The zero-order valence-corrected chi connectivity index (χ0v) is 11.3. The van der Waals surface area contributed by atoms with Gasteiger partial charge < -0.3 is 10.2 Å². The first-order valence-electron chi connectivity index (χ1n) is 5.54. The Hall–Kier alpha value is -1.08.